The second-order valence-electron chi connectivity index (χ2n) is 8.25. The quantitative estimate of drug-likeness (QED) is 0.626. The Morgan fingerprint density at radius 1 is 1.11 bits per heavy atom. The van der Waals surface area contributed by atoms with E-state index in [9.17, 15) is 35.2 Å². The Morgan fingerprint density at radius 3 is 2.57 bits per heavy atom. The number of nitrogens with one attached hydrogen (secondary N) is 1. The highest BCUT2D eigenvalue weighted by Gasteiger charge is 2.44. The minimum atomic E-state index is -5.24. The van der Waals surface area contributed by atoms with E-state index in [0.29, 0.717) is 6.07 Å². The predicted octanol–water partition coefficient (Wildman–Crippen LogP) is 3.55. The van der Waals surface area contributed by atoms with Gasteiger partial charge in [0.05, 0.1) is 25.1 Å². The van der Waals surface area contributed by atoms with Crippen molar-refractivity contribution in [3.63, 3.8) is 0 Å². The fraction of sp³-hybridized carbons (Fsp3) is 0.409. The summed E-state index contributed by atoms with van der Waals surface area (Å²) < 4.78 is 116. The van der Waals surface area contributed by atoms with Gasteiger partial charge in [-0.1, -0.05) is 18.2 Å². The summed E-state index contributed by atoms with van der Waals surface area (Å²) in [6.45, 7) is -0.597. The van der Waals surface area contributed by atoms with Crippen molar-refractivity contribution < 1.29 is 44.3 Å². The Hall–Kier alpha value is -2.80. The van der Waals surface area contributed by atoms with Gasteiger partial charge in [-0.05, 0) is 24.5 Å². The van der Waals surface area contributed by atoms with Gasteiger partial charge in [-0.3, -0.25) is 4.79 Å². The highest BCUT2D eigenvalue weighted by Crippen LogP contribution is 2.37. The van der Waals surface area contributed by atoms with Crippen molar-refractivity contribution in [3.05, 3.63) is 53.3 Å². The first kappa shape index (κ1) is 25.3. The number of ether oxygens (including phenoxy) is 1. The number of carbonyl (C=O) groups excluding carboxylic acids is 1. The number of hydrogen-bond donors (Lipinski definition) is 1. The van der Waals surface area contributed by atoms with Crippen LogP contribution in [0.5, 0.6) is 5.75 Å². The number of rotatable bonds is 3. The lowest BCUT2D eigenvalue weighted by Gasteiger charge is -2.43. The molecule has 0 aromatic heterocycles. The molecule has 0 saturated carbocycles. The molecule has 35 heavy (non-hydrogen) atoms. The molecule has 1 fully saturated rings. The molecule has 2 aromatic carbocycles. The third-order valence-electron chi connectivity index (χ3n) is 6.07. The lowest BCUT2D eigenvalue weighted by molar-refractivity contribution is -0.137. The molecule has 2 bridgehead atoms. The second kappa shape index (κ2) is 9.69. The third-order valence-corrected chi connectivity index (χ3v) is 7.14. The summed E-state index contributed by atoms with van der Waals surface area (Å²) in [4.78, 5) is 14.0. The fourth-order valence-corrected chi connectivity index (χ4v) is 5.23. The predicted molar refractivity (Wildman–Crippen MR) is 112 cm³/mol. The molecule has 1 N–H and O–H groups in total. The van der Waals surface area contributed by atoms with E-state index in [4.69, 9.17) is 4.74 Å². The smallest absolute Gasteiger partial charge is 0.350 e. The number of halogens is 6. The molecule has 2 aromatic rings. The zero-order valence-electron chi connectivity index (χ0n) is 18.0. The van der Waals surface area contributed by atoms with E-state index < -0.39 is 76.2 Å². The van der Waals surface area contributed by atoms with Crippen LogP contribution in [-0.4, -0.2) is 56.4 Å². The maximum Gasteiger partial charge on any atom is 0.350 e. The summed E-state index contributed by atoms with van der Waals surface area (Å²) in [5.74, 6) is -8.04. The van der Waals surface area contributed by atoms with Crippen LogP contribution in [0, 0.1) is 17.5 Å². The van der Waals surface area contributed by atoms with Crippen LogP contribution in [0.15, 0.2) is 30.3 Å². The first-order valence-corrected chi connectivity index (χ1v) is 12.2. The van der Waals surface area contributed by atoms with Gasteiger partial charge in [0.1, 0.15) is 17.8 Å². The molecule has 0 aliphatic carbocycles. The summed E-state index contributed by atoms with van der Waals surface area (Å²) in [7, 11) is -5.24. The monoisotopic (exact) mass is 522 g/mol. The van der Waals surface area contributed by atoms with E-state index in [1.807, 2.05) is 0 Å². The topological polar surface area (TPSA) is 75.7 Å². The normalized spacial score (nSPS) is 23.1. The largest absolute Gasteiger partial charge is 0.489 e. The third kappa shape index (κ3) is 4.96. The SMILES string of the molecule is O=C1CCOc2c(F)cc(F)cc2-c2cccc(c2F)CC2C(NS(=O)(=O)C(F)F)C(F)CCN12. The molecular formula is C22H20F6N2O4S. The molecule has 4 rings (SSSR count). The summed E-state index contributed by atoms with van der Waals surface area (Å²) >= 11 is 0. The maximum atomic E-state index is 15.6. The number of nitrogens with zero attached hydrogens (tertiary/aromatic N) is 1. The van der Waals surface area contributed by atoms with Crippen molar-refractivity contribution in [3.8, 4) is 16.9 Å². The van der Waals surface area contributed by atoms with E-state index >= 15 is 4.39 Å². The second-order valence-corrected chi connectivity index (χ2v) is 9.94. The van der Waals surface area contributed by atoms with Crippen LogP contribution in [0.2, 0.25) is 0 Å². The van der Waals surface area contributed by atoms with Crippen molar-refractivity contribution in [1.82, 2.24) is 9.62 Å². The molecule has 3 unspecified atom stereocenters. The first-order chi connectivity index (χ1) is 16.5. The molecule has 0 spiro atoms. The lowest BCUT2D eigenvalue weighted by Crippen LogP contribution is -2.63. The number of hydrogen-bond acceptors (Lipinski definition) is 4. The van der Waals surface area contributed by atoms with Crippen molar-refractivity contribution in [2.45, 2.75) is 43.3 Å². The average molecular weight is 522 g/mol. The van der Waals surface area contributed by atoms with E-state index in [-0.39, 0.29) is 36.1 Å². The number of carbonyl (C=O) groups is 1. The van der Waals surface area contributed by atoms with Gasteiger partial charge in [-0.15, -0.1) is 0 Å². The minimum Gasteiger partial charge on any atom is -0.489 e. The summed E-state index contributed by atoms with van der Waals surface area (Å²) in [6.07, 6.45) is -3.10. The Labute approximate surface area is 196 Å². The summed E-state index contributed by atoms with van der Waals surface area (Å²) in [5, 5.41) is 0. The van der Waals surface area contributed by atoms with Gasteiger partial charge in [0.25, 0.3) is 10.0 Å². The number of benzene rings is 2. The molecule has 3 atom stereocenters. The van der Waals surface area contributed by atoms with Crippen molar-refractivity contribution in [1.29, 1.82) is 0 Å². The van der Waals surface area contributed by atoms with Crippen LogP contribution in [0.4, 0.5) is 26.3 Å². The van der Waals surface area contributed by atoms with Gasteiger partial charge in [-0.2, -0.15) is 8.78 Å². The van der Waals surface area contributed by atoms with E-state index in [1.165, 1.54) is 18.2 Å². The van der Waals surface area contributed by atoms with Crippen molar-refractivity contribution in [2.24, 2.45) is 0 Å². The Morgan fingerprint density at radius 2 is 1.86 bits per heavy atom. The van der Waals surface area contributed by atoms with Gasteiger partial charge >= 0.3 is 5.76 Å². The molecular weight excluding hydrogens is 502 g/mol. The molecule has 1 saturated heterocycles. The highest BCUT2D eigenvalue weighted by molar-refractivity contribution is 7.89. The standard InChI is InChI=1S/C22H20F6N2O4S/c23-12-9-14-13-3-1-2-11(19(13)26)8-17-20(29-35(32,33)22(27)28)15(24)4-6-30(17)18(31)5-7-34-21(14)16(25)10-12/h1-3,9-10,15,17,20,22,29H,4-8H2. The zero-order chi connectivity index (χ0) is 25.5. The van der Waals surface area contributed by atoms with E-state index in [2.05, 4.69) is 0 Å². The molecule has 2 aliphatic rings. The number of sulfonamides is 1. The van der Waals surface area contributed by atoms with Gasteiger partial charge in [-0.25, -0.2) is 30.7 Å². The minimum absolute atomic E-state index is 0.142. The molecule has 0 radical (unpaired) electrons. The molecule has 190 valence electrons. The average Bonchev–Trinajstić information content (AvgIpc) is 2.78. The van der Waals surface area contributed by atoms with Crippen LogP contribution in [0.1, 0.15) is 18.4 Å². The molecule has 2 heterocycles. The van der Waals surface area contributed by atoms with E-state index in [1.54, 1.807) is 4.72 Å². The number of piperidine rings is 1. The first-order valence-electron chi connectivity index (χ1n) is 10.6. The van der Waals surface area contributed by atoms with Crippen LogP contribution in [0.25, 0.3) is 11.1 Å². The number of alkyl halides is 3. The molecule has 1 amide bonds. The lowest BCUT2D eigenvalue weighted by atomic mass is 9.88. The zero-order valence-corrected chi connectivity index (χ0v) is 18.8. The van der Waals surface area contributed by atoms with E-state index in [0.717, 1.165) is 11.0 Å². The van der Waals surface area contributed by atoms with Crippen LogP contribution < -0.4 is 9.46 Å². The fourth-order valence-electron chi connectivity index (χ4n) is 4.44. The Bertz CT molecular complexity index is 1240. The van der Waals surface area contributed by atoms with Crippen LogP contribution in [-0.2, 0) is 21.2 Å². The Balaban J connectivity index is 1.84. The summed E-state index contributed by atoms with van der Waals surface area (Å²) in [6, 6.07) is 2.14. The van der Waals surface area contributed by atoms with Gasteiger partial charge in [0.2, 0.25) is 5.91 Å². The summed E-state index contributed by atoms with van der Waals surface area (Å²) in [5.41, 5.74) is -0.641. The molecule has 13 heteroatoms. The van der Waals surface area contributed by atoms with Crippen molar-refractivity contribution in [2.75, 3.05) is 13.2 Å². The van der Waals surface area contributed by atoms with Gasteiger partial charge in [0.15, 0.2) is 11.6 Å². The molecule has 2 aliphatic heterocycles. The maximum absolute atomic E-state index is 15.6. The van der Waals surface area contributed by atoms with Crippen molar-refractivity contribution >= 4 is 15.9 Å². The van der Waals surface area contributed by atoms with Crippen LogP contribution in [0.3, 0.4) is 0 Å². The molecule has 6 nitrogen and oxygen atoms in total. The highest BCUT2D eigenvalue weighted by atomic mass is 32.2. The van der Waals surface area contributed by atoms with Crippen LogP contribution >= 0.6 is 0 Å². The van der Waals surface area contributed by atoms with Gasteiger partial charge < -0.3 is 9.64 Å². The number of fused-ring (bicyclic) bond motifs is 5. The van der Waals surface area contributed by atoms with Gasteiger partial charge in [0, 0.05) is 23.7 Å². The number of amides is 1. The Kier molecular flexibility index (Phi) is 7.00.